The molecule has 0 spiro atoms. The van der Waals surface area contributed by atoms with Crippen LogP contribution in [0.2, 0.25) is 0 Å². The van der Waals surface area contributed by atoms with Crippen molar-refractivity contribution in [3.05, 3.63) is 23.3 Å². The zero-order valence-electron chi connectivity index (χ0n) is 16.4. The number of aliphatic hydroxyl groups is 1. The summed E-state index contributed by atoms with van der Waals surface area (Å²) in [6.45, 7) is 0.997. The Morgan fingerprint density at radius 2 is 0.800 bits per heavy atom. The standard InChI is InChI=1S/C16H9F17O2/c1-5-3-8(35,4-6(2)7(5)34)9(17,18)10(19,20)11(21,22)12(23,24)13(25,26)14(27,28)15(29,30)16(31,32)33/h3-4,35H,1-2H3. The van der Waals surface area contributed by atoms with Crippen LogP contribution in [0, 0.1) is 0 Å². The van der Waals surface area contributed by atoms with Crippen LogP contribution in [0.5, 0.6) is 0 Å². The number of halogens is 17. The number of ketones is 1. The van der Waals surface area contributed by atoms with Gasteiger partial charge < -0.3 is 5.11 Å². The second-order valence-electron chi connectivity index (χ2n) is 7.33. The van der Waals surface area contributed by atoms with Crippen LogP contribution in [0.1, 0.15) is 13.8 Å². The van der Waals surface area contributed by atoms with E-state index in [9.17, 15) is 84.5 Å². The summed E-state index contributed by atoms with van der Waals surface area (Å²) in [5, 5.41) is 9.70. The molecule has 0 saturated heterocycles. The Balaban J connectivity index is 3.81. The van der Waals surface area contributed by atoms with E-state index in [-0.39, 0.29) is 0 Å². The average molecular weight is 556 g/mol. The molecular weight excluding hydrogens is 547 g/mol. The van der Waals surface area contributed by atoms with Crippen molar-refractivity contribution in [2.75, 3.05) is 0 Å². The van der Waals surface area contributed by atoms with E-state index in [1.165, 1.54) is 0 Å². The molecule has 204 valence electrons. The van der Waals surface area contributed by atoms with Crippen molar-refractivity contribution < 1.29 is 84.5 Å². The molecular formula is C16H9F17O2. The van der Waals surface area contributed by atoms with Crippen molar-refractivity contribution in [1.29, 1.82) is 0 Å². The van der Waals surface area contributed by atoms with Crippen LogP contribution < -0.4 is 0 Å². The van der Waals surface area contributed by atoms with E-state index in [0.717, 1.165) is 0 Å². The van der Waals surface area contributed by atoms with E-state index in [1.54, 1.807) is 0 Å². The van der Waals surface area contributed by atoms with Crippen molar-refractivity contribution in [2.45, 2.75) is 67.1 Å². The summed E-state index contributed by atoms with van der Waals surface area (Å²) < 4.78 is 227. The SMILES string of the molecule is CC1=CC(O)(C(F)(F)C(F)(F)C(F)(F)C(F)(F)C(F)(F)C(F)(F)C(F)(F)C(F)(F)F)C=C(C)C1=O. The molecule has 0 bridgehead atoms. The normalized spacial score (nSPS) is 19.5. The molecule has 1 aliphatic rings. The highest BCUT2D eigenvalue weighted by atomic mass is 19.4. The number of rotatable bonds is 7. The number of alkyl halides is 17. The van der Waals surface area contributed by atoms with Gasteiger partial charge in [0.25, 0.3) is 0 Å². The van der Waals surface area contributed by atoms with Crippen LogP contribution in [0.15, 0.2) is 23.3 Å². The van der Waals surface area contributed by atoms with Gasteiger partial charge in [-0.3, -0.25) is 4.79 Å². The Bertz CT molecular complexity index is 916. The third kappa shape index (κ3) is 3.70. The molecule has 0 aliphatic heterocycles. The molecule has 19 heteroatoms. The fourth-order valence-corrected chi connectivity index (χ4v) is 2.74. The second-order valence-corrected chi connectivity index (χ2v) is 7.33. The van der Waals surface area contributed by atoms with Gasteiger partial charge in [0.2, 0.25) is 0 Å². The van der Waals surface area contributed by atoms with E-state index < -0.39 is 82.3 Å². The minimum atomic E-state index is -8.76. The molecule has 35 heavy (non-hydrogen) atoms. The zero-order chi connectivity index (χ0) is 28.6. The fourth-order valence-electron chi connectivity index (χ4n) is 2.74. The summed E-state index contributed by atoms with van der Waals surface area (Å²) in [7, 11) is 0. The lowest BCUT2D eigenvalue weighted by atomic mass is 9.78. The second kappa shape index (κ2) is 7.71. The third-order valence-corrected chi connectivity index (χ3v) is 4.81. The summed E-state index contributed by atoms with van der Waals surface area (Å²) in [4.78, 5) is 11.5. The maximum Gasteiger partial charge on any atom is 0.460 e. The molecule has 0 radical (unpaired) electrons. The number of hydrogen-bond donors (Lipinski definition) is 1. The topological polar surface area (TPSA) is 37.3 Å². The molecule has 1 N–H and O–H groups in total. The first-order chi connectivity index (χ1) is 14.9. The average Bonchev–Trinajstić information content (AvgIpc) is 2.63. The highest BCUT2D eigenvalue weighted by Crippen LogP contribution is 2.65. The Morgan fingerprint density at radius 3 is 1.09 bits per heavy atom. The summed E-state index contributed by atoms with van der Waals surface area (Å²) >= 11 is 0. The van der Waals surface area contributed by atoms with Gasteiger partial charge in [0.15, 0.2) is 11.4 Å². The quantitative estimate of drug-likeness (QED) is 0.380. The molecule has 0 amide bonds. The monoisotopic (exact) mass is 556 g/mol. The summed E-state index contributed by atoms with van der Waals surface area (Å²) in [5.74, 6) is -59.4. The summed E-state index contributed by atoms with van der Waals surface area (Å²) in [6, 6.07) is 0. The minimum Gasteiger partial charge on any atom is -0.375 e. The first kappa shape index (κ1) is 31.0. The van der Waals surface area contributed by atoms with Crippen LogP contribution in [0.4, 0.5) is 74.6 Å². The molecule has 0 aromatic carbocycles. The van der Waals surface area contributed by atoms with Gasteiger partial charge in [-0.15, -0.1) is 0 Å². The minimum absolute atomic E-state index is 0.499. The summed E-state index contributed by atoms with van der Waals surface area (Å²) in [6.07, 6.45) is -9.07. The van der Waals surface area contributed by atoms with E-state index in [0.29, 0.717) is 13.8 Å². The Labute approximate surface area is 182 Å². The Kier molecular flexibility index (Phi) is 6.82. The first-order valence-electron chi connectivity index (χ1n) is 8.30. The van der Waals surface area contributed by atoms with Crippen LogP contribution >= 0.6 is 0 Å². The molecule has 1 aliphatic carbocycles. The predicted octanol–water partition coefficient (Wildman–Crippen LogP) is 6.20. The molecule has 0 unspecified atom stereocenters. The van der Waals surface area contributed by atoms with Gasteiger partial charge in [-0.25, -0.2) is 0 Å². The lowest BCUT2D eigenvalue weighted by molar-refractivity contribution is -0.465. The highest BCUT2D eigenvalue weighted by Gasteiger charge is 2.96. The zero-order valence-corrected chi connectivity index (χ0v) is 16.4. The van der Waals surface area contributed by atoms with Crippen LogP contribution in [-0.4, -0.2) is 64.1 Å². The van der Waals surface area contributed by atoms with Crippen LogP contribution in [0.25, 0.3) is 0 Å². The number of hydrogen-bond acceptors (Lipinski definition) is 2. The predicted molar refractivity (Wildman–Crippen MR) is 78.2 cm³/mol. The molecule has 2 nitrogen and oxygen atoms in total. The van der Waals surface area contributed by atoms with Crippen molar-refractivity contribution in [2.24, 2.45) is 0 Å². The van der Waals surface area contributed by atoms with Gasteiger partial charge in [0.1, 0.15) is 0 Å². The van der Waals surface area contributed by atoms with Gasteiger partial charge in [-0.05, 0) is 37.1 Å². The molecule has 0 heterocycles. The van der Waals surface area contributed by atoms with Crippen molar-refractivity contribution >= 4 is 5.78 Å². The van der Waals surface area contributed by atoms with Gasteiger partial charge >= 0.3 is 47.6 Å². The lowest BCUT2D eigenvalue weighted by Gasteiger charge is -2.45. The van der Waals surface area contributed by atoms with E-state index in [1.807, 2.05) is 0 Å². The van der Waals surface area contributed by atoms with Gasteiger partial charge in [0.05, 0.1) is 0 Å². The van der Waals surface area contributed by atoms with Crippen molar-refractivity contribution in [3.63, 3.8) is 0 Å². The number of carbonyl (C=O) groups is 1. The highest BCUT2D eigenvalue weighted by molar-refractivity contribution is 6.08. The van der Waals surface area contributed by atoms with Crippen LogP contribution in [0.3, 0.4) is 0 Å². The number of allylic oxidation sites excluding steroid dienone is 2. The maximum absolute atomic E-state index is 14.3. The Hall–Kier alpha value is -2.08. The van der Waals surface area contributed by atoms with Gasteiger partial charge in [-0.2, -0.15) is 74.6 Å². The smallest absolute Gasteiger partial charge is 0.375 e. The molecule has 0 atom stereocenters. The Morgan fingerprint density at radius 1 is 0.543 bits per heavy atom. The third-order valence-electron chi connectivity index (χ3n) is 4.81. The van der Waals surface area contributed by atoms with E-state index in [2.05, 4.69) is 0 Å². The summed E-state index contributed by atoms with van der Waals surface area (Å²) in [5.41, 5.74) is -7.09. The lowest BCUT2D eigenvalue weighted by Crippen LogP contribution is -2.76. The van der Waals surface area contributed by atoms with Crippen molar-refractivity contribution in [3.8, 4) is 0 Å². The molecule has 0 fully saturated rings. The molecule has 0 aromatic rings. The fraction of sp³-hybridized carbons (Fsp3) is 0.688. The number of Topliss-reactive ketones (excluding diaryl/α,β-unsaturated/α-hetero) is 1. The largest absolute Gasteiger partial charge is 0.460 e. The molecule has 0 aromatic heterocycles. The van der Waals surface area contributed by atoms with E-state index >= 15 is 0 Å². The van der Waals surface area contributed by atoms with Crippen LogP contribution in [-0.2, 0) is 4.79 Å². The molecule has 0 saturated carbocycles. The maximum atomic E-state index is 14.3. The van der Waals surface area contributed by atoms with Crippen molar-refractivity contribution in [1.82, 2.24) is 0 Å². The van der Waals surface area contributed by atoms with E-state index in [4.69, 9.17) is 0 Å². The van der Waals surface area contributed by atoms with Gasteiger partial charge in [-0.1, -0.05) is 0 Å². The van der Waals surface area contributed by atoms with Gasteiger partial charge in [0, 0.05) is 0 Å². The molecule has 1 rings (SSSR count). The first-order valence-corrected chi connectivity index (χ1v) is 8.30. The number of carbonyl (C=O) groups excluding carboxylic acids is 1.